The summed E-state index contributed by atoms with van der Waals surface area (Å²) >= 11 is 0. The van der Waals surface area contributed by atoms with Crippen LogP contribution in [0, 0.1) is 16.7 Å². The minimum atomic E-state index is -4.43. The molecule has 0 heterocycles. The van der Waals surface area contributed by atoms with Gasteiger partial charge >= 0.3 is 6.18 Å². The molecule has 20 heavy (non-hydrogen) atoms. The second kappa shape index (κ2) is 6.40. The SMILES string of the molecule is CC(C)(C#N)CCCS(=O)c1cccc(C(F)(F)F)c1. The van der Waals surface area contributed by atoms with Gasteiger partial charge in [0.1, 0.15) is 0 Å². The van der Waals surface area contributed by atoms with Crippen LogP contribution in [0.2, 0.25) is 0 Å². The van der Waals surface area contributed by atoms with Gasteiger partial charge in [-0.05, 0) is 44.9 Å². The van der Waals surface area contributed by atoms with Gasteiger partial charge in [0.05, 0.1) is 27.8 Å². The molecular formula is C14H16F3NOS. The molecule has 1 aromatic carbocycles. The van der Waals surface area contributed by atoms with Crippen LogP contribution in [0.3, 0.4) is 0 Å². The zero-order valence-electron chi connectivity index (χ0n) is 11.3. The number of rotatable bonds is 5. The van der Waals surface area contributed by atoms with Gasteiger partial charge in [-0.2, -0.15) is 18.4 Å². The first-order valence-electron chi connectivity index (χ1n) is 6.12. The van der Waals surface area contributed by atoms with Gasteiger partial charge in [-0.25, -0.2) is 0 Å². The summed E-state index contributed by atoms with van der Waals surface area (Å²) in [4.78, 5) is 0.176. The van der Waals surface area contributed by atoms with Crippen molar-refractivity contribution in [1.29, 1.82) is 5.26 Å². The van der Waals surface area contributed by atoms with Crippen molar-refractivity contribution >= 4 is 10.8 Å². The van der Waals surface area contributed by atoms with Gasteiger partial charge in [0, 0.05) is 10.6 Å². The van der Waals surface area contributed by atoms with Crippen molar-refractivity contribution < 1.29 is 17.4 Å². The molecule has 0 N–H and O–H groups in total. The minimum absolute atomic E-state index is 0.176. The van der Waals surface area contributed by atoms with Crippen LogP contribution in [-0.4, -0.2) is 9.96 Å². The smallest absolute Gasteiger partial charge is 0.254 e. The Morgan fingerprint density at radius 3 is 2.50 bits per heavy atom. The van der Waals surface area contributed by atoms with Gasteiger partial charge in [-0.15, -0.1) is 0 Å². The molecule has 0 saturated heterocycles. The molecule has 0 bridgehead atoms. The van der Waals surface area contributed by atoms with Crippen molar-refractivity contribution in [3.63, 3.8) is 0 Å². The summed E-state index contributed by atoms with van der Waals surface area (Å²) in [6.45, 7) is 3.56. The zero-order chi connectivity index (χ0) is 15.4. The minimum Gasteiger partial charge on any atom is -0.254 e. The molecule has 0 fully saturated rings. The number of hydrogen-bond donors (Lipinski definition) is 0. The van der Waals surface area contributed by atoms with E-state index in [2.05, 4.69) is 6.07 Å². The topological polar surface area (TPSA) is 40.9 Å². The molecule has 0 spiro atoms. The van der Waals surface area contributed by atoms with Gasteiger partial charge in [0.15, 0.2) is 0 Å². The number of alkyl halides is 3. The first-order valence-corrected chi connectivity index (χ1v) is 7.44. The van der Waals surface area contributed by atoms with Gasteiger partial charge in [0.25, 0.3) is 0 Å². The summed E-state index contributed by atoms with van der Waals surface area (Å²) in [5.74, 6) is 0.256. The fourth-order valence-electron chi connectivity index (χ4n) is 1.63. The highest BCUT2D eigenvalue weighted by Crippen LogP contribution is 2.30. The number of benzene rings is 1. The van der Waals surface area contributed by atoms with Crippen LogP contribution >= 0.6 is 0 Å². The number of nitriles is 1. The van der Waals surface area contributed by atoms with Crippen molar-refractivity contribution in [2.45, 2.75) is 37.8 Å². The second-order valence-corrected chi connectivity index (χ2v) is 6.75. The Balaban J connectivity index is 2.68. The Morgan fingerprint density at radius 2 is 1.95 bits per heavy atom. The fraction of sp³-hybridized carbons (Fsp3) is 0.500. The molecule has 0 radical (unpaired) electrons. The van der Waals surface area contributed by atoms with E-state index in [1.807, 2.05) is 0 Å². The molecule has 0 aliphatic rings. The maximum atomic E-state index is 12.6. The average Bonchev–Trinajstić information content (AvgIpc) is 2.37. The van der Waals surface area contributed by atoms with E-state index >= 15 is 0 Å². The summed E-state index contributed by atoms with van der Waals surface area (Å²) in [6.07, 6.45) is -3.33. The first kappa shape index (κ1) is 16.7. The third kappa shape index (κ3) is 4.97. The average molecular weight is 303 g/mol. The van der Waals surface area contributed by atoms with Gasteiger partial charge < -0.3 is 0 Å². The molecular weight excluding hydrogens is 287 g/mol. The van der Waals surface area contributed by atoms with Crippen LogP contribution in [0.4, 0.5) is 13.2 Å². The van der Waals surface area contributed by atoms with Crippen LogP contribution in [0.5, 0.6) is 0 Å². The monoisotopic (exact) mass is 303 g/mol. The van der Waals surface area contributed by atoms with E-state index < -0.39 is 28.0 Å². The Labute approximate surface area is 119 Å². The molecule has 110 valence electrons. The van der Waals surface area contributed by atoms with Crippen LogP contribution in [0.25, 0.3) is 0 Å². The molecule has 1 aromatic rings. The summed E-state index contributed by atoms with van der Waals surface area (Å²) in [6, 6.07) is 6.71. The Bertz CT molecular complexity index is 532. The predicted octanol–water partition coefficient (Wildman–Crippen LogP) is 4.14. The van der Waals surface area contributed by atoms with Gasteiger partial charge in [-0.1, -0.05) is 6.07 Å². The predicted molar refractivity (Wildman–Crippen MR) is 71.3 cm³/mol. The van der Waals surface area contributed by atoms with Crippen LogP contribution in [-0.2, 0) is 17.0 Å². The highest BCUT2D eigenvalue weighted by molar-refractivity contribution is 7.85. The van der Waals surface area contributed by atoms with Crippen molar-refractivity contribution in [2.24, 2.45) is 5.41 Å². The molecule has 6 heteroatoms. The molecule has 0 aliphatic carbocycles. The Morgan fingerprint density at radius 1 is 1.30 bits per heavy atom. The summed E-state index contributed by atoms with van der Waals surface area (Å²) < 4.78 is 49.6. The molecule has 0 aromatic heterocycles. The lowest BCUT2D eigenvalue weighted by atomic mass is 9.90. The van der Waals surface area contributed by atoms with Crippen LogP contribution < -0.4 is 0 Å². The quantitative estimate of drug-likeness (QED) is 0.820. The Kier molecular flexibility index (Phi) is 5.35. The standard InChI is InChI=1S/C14H16F3NOS/c1-13(2,10-18)7-4-8-20(19)12-6-3-5-11(9-12)14(15,16)17/h3,5-6,9H,4,7-8H2,1-2H3. The summed E-state index contributed by atoms with van der Waals surface area (Å²) in [7, 11) is -1.47. The van der Waals surface area contributed by atoms with Crippen molar-refractivity contribution in [3.8, 4) is 6.07 Å². The third-order valence-electron chi connectivity index (χ3n) is 2.86. The van der Waals surface area contributed by atoms with Gasteiger partial charge in [0.2, 0.25) is 0 Å². The lowest BCUT2D eigenvalue weighted by Gasteiger charge is -2.14. The normalized spacial score (nSPS) is 13.8. The van der Waals surface area contributed by atoms with E-state index in [9.17, 15) is 17.4 Å². The molecule has 2 nitrogen and oxygen atoms in total. The molecule has 0 aliphatic heterocycles. The summed E-state index contributed by atoms with van der Waals surface area (Å²) in [5, 5.41) is 8.85. The van der Waals surface area contributed by atoms with E-state index in [4.69, 9.17) is 5.26 Å². The maximum absolute atomic E-state index is 12.6. The molecule has 0 amide bonds. The lowest BCUT2D eigenvalue weighted by molar-refractivity contribution is -0.137. The molecule has 1 rings (SSSR count). The molecule has 1 unspecified atom stereocenters. The van der Waals surface area contributed by atoms with Crippen molar-refractivity contribution in [2.75, 3.05) is 5.75 Å². The lowest BCUT2D eigenvalue weighted by Crippen LogP contribution is -2.10. The third-order valence-corrected chi connectivity index (χ3v) is 4.30. The van der Waals surface area contributed by atoms with E-state index in [0.29, 0.717) is 12.8 Å². The largest absolute Gasteiger partial charge is 0.416 e. The number of hydrogen-bond acceptors (Lipinski definition) is 2. The molecule has 0 saturated carbocycles. The fourth-order valence-corrected chi connectivity index (χ4v) is 2.76. The van der Waals surface area contributed by atoms with Crippen LogP contribution in [0.1, 0.15) is 32.3 Å². The highest BCUT2D eigenvalue weighted by atomic mass is 32.2. The highest BCUT2D eigenvalue weighted by Gasteiger charge is 2.30. The second-order valence-electron chi connectivity index (χ2n) is 5.17. The maximum Gasteiger partial charge on any atom is 0.416 e. The Hall–Kier alpha value is -1.35. The van der Waals surface area contributed by atoms with E-state index in [1.165, 1.54) is 12.1 Å². The van der Waals surface area contributed by atoms with E-state index in [1.54, 1.807) is 13.8 Å². The number of nitrogens with zero attached hydrogens (tertiary/aromatic N) is 1. The first-order chi connectivity index (χ1) is 9.15. The summed E-state index contributed by atoms with van der Waals surface area (Å²) in [5.41, 5.74) is -1.29. The van der Waals surface area contributed by atoms with Gasteiger partial charge in [-0.3, -0.25) is 4.21 Å². The number of halogens is 3. The van der Waals surface area contributed by atoms with E-state index in [0.717, 1.165) is 12.1 Å². The molecule has 1 atom stereocenters. The van der Waals surface area contributed by atoms with Crippen molar-refractivity contribution in [1.82, 2.24) is 0 Å². The van der Waals surface area contributed by atoms with Crippen molar-refractivity contribution in [3.05, 3.63) is 29.8 Å². The zero-order valence-corrected chi connectivity index (χ0v) is 12.1. The van der Waals surface area contributed by atoms with Crippen LogP contribution in [0.15, 0.2) is 29.2 Å². The van der Waals surface area contributed by atoms with E-state index in [-0.39, 0.29) is 10.6 Å².